The zero-order chi connectivity index (χ0) is 30.4. The van der Waals surface area contributed by atoms with Crippen molar-refractivity contribution in [3.63, 3.8) is 0 Å². The van der Waals surface area contributed by atoms with Gasteiger partial charge < -0.3 is 9.88 Å². The van der Waals surface area contributed by atoms with E-state index < -0.39 is 31.2 Å². The fraction of sp³-hybridized carbons (Fsp3) is 0.690. The van der Waals surface area contributed by atoms with Crippen LogP contribution < -0.4 is 5.32 Å². The zero-order valence-corrected chi connectivity index (χ0v) is 21.7. The highest BCUT2D eigenvalue weighted by molar-refractivity contribution is 5.79. The van der Waals surface area contributed by atoms with Crippen LogP contribution in [0.3, 0.4) is 0 Å². The second kappa shape index (κ2) is 10.8. The van der Waals surface area contributed by atoms with Crippen LogP contribution in [-0.4, -0.2) is 50.1 Å². The summed E-state index contributed by atoms with van der Waals surface area (Å²) in [5, 5.41) is 11.3. The maximum Gasteiger partial charge on any atom is 0.248 e. The third-order valence-corrected chi connectivity index (χ3v) is 8.40. The minimum Gasteiger partial charge on any atom is -0.349 e. The zero-order valence-electron chi connectivity index (χ0n) is 26.7. The summed E-state index contributed by atoms with van der Waals surface area (Å²) < 4.78 is 71.8. The van der Waals surface area contributed by atoms with Crippen LogP contribution in [0.1, 0.15) is 114 Å². The van der Waals surface area contributed by atoms with Gasteiger partial charge in [-0.15, -0.1) is 10.2 Å². The Morgan fingerprint density at radius 1 is 1.11 bits per heavy atom. The molecule has 2 saturated heterocycles. The molecule has 0 spiro atoms. The first-order chi connectivity index (χ1) is 19.7. The fourth-order valence-electron chi connectivity index (χ4n) is 6.40. The second-order valence-electron chi connectivity index (χ2n) is 11.3. The lowest BCUT2D eigenvalue weighted by atomic mass is 9.86. The molecule has 2 aromatic rings. The van der Waals surface area contributed by atoms with Crippen molar-refractivity contribution in [2.45, 2.75) is 114 Å². The third-order valence-electron chi connectivity index (χ3n) is 8.40. The number of rotatable bonds is 8. The molecule has 5 rings (SSSR count). The van der Waals surface area contributed by atoms with Crippen molar-refractivity contribution in [1.82, 2.24) is 25.0 Å². The molecule has 1 N–H and O–H groups in total. The van der Waals surface area contributed by atoms with Gasteiger partial charge in [-0.25, -0.2) is 8.78 Å². The van der Waals surface area contributed by atoms with E-state index in [9.17, 15) is 16.3 Å². The van der Waals surface area contributed by atoms with Crippen molar-refractivity contribution in [2.24, 2.45) is 5.92 Å². The topological polar surface area (TPSA) is 63.1 Å². The molecule has 1 aromatic heterocycles. The molecule has 37 heavy (non-hydrogen) atoms. The van der Waals surface area contributed by atoms with E-state index in [1.165, 1.54) is 0 Å². The number of fused-ring (bicyclic) bond motifs is 2. The van der Waals surface area contributed by atoms with Crippen molar-refractivity contribution in [1.29, 1.82) is 0 Å². The van der Waals surface area contributed by atoms with E-state index >= 15 is 0 Å². The Kier molecular flexibility index (Phi) is 6.01. The maximum absolute atomic E-state index is 13.7. The lowest BCUT2D eigenvalue weighted by Gasteiger charge is -2.40. The first-order valence-electron chi connectivity index (χ1n) is 16.1. The average molecular weight is 519 g/mol. The number of hydrogen-bond acceptors (Lipinski definition) is 4. The maximum atomic E-state index is 13.7. The quantitative estimate of drug-likeness (QED) is 0.469. The van der Waals surface area contributed by atoms with Gasteiger partial charge in [-0.05, 0) is 57.4 Å². The Hall–Kier alpha value is -2.35. The minimum atomic E-state index is -2.73. The molecule has 2 bridgehead atoms. The molecule has 3 aliphatic rings. The summed E-state index contributed by atoms with van der Waals surface area (Å²) in [6, 6.07) is 8.26. The van der Waals surface area contributed by atoms with E-state index in [0.29, 0.717) is 18.7 Å². The number of amides is 1. The molecule has 1 saturated carbocycles. The molecule has 8 heteroatoms. The highest BCUT2D eigenvalue weighted by Gasteiger charge is 2.42. The average Bonchev–Trinajstić information content (AvgIpc) is 3.49. The molecule has 2 aliphatic heterocycles. The molecular weight excluding hydrogens is 472 g/mol. The van der Waals surface area contributed by atoms with Gasteiger partial charge in [-0.1, -0.05) is 44.2 Å². The summed E-state index contributed by atoms with van der Waals surface area (Å²) in [5.41, 5.74) is 0.770. The van der Waals surface area contributed by atoms with Gasteiger partial charge in [0.1, 0.15) is 11.6 Å². The van der Waals surface area contributed by atoms with E-state index in [4.69, 9.17) is 4.11 Å². The molecule has 202 valence electrons. The Morgan fingerprint density at radius 3 is 2.41 bits per heavy atom. The minimum absolute atomic E-state index is 0.00763. The molecular formula is C29H41F2N5O. The molecule has 3 heterocycles. The molecule has 3 fully saturated rings. The number of hydrogen-bond donors (Lipinski definition) is 1. The van der Waals surface area contributed by atoms with Crippen LogP contribution in [0, 0.1) is 12.8 Å². The summed E-state index contributed by atoms with van der Waals surface area (Å²) in [6.45, 7) is -0.252. The van der Waals surface area contributed by atoms with Crippen LogP contribution in [0.15, 0.2) is 30.3 Å². The number of aromatic nitrogens is 3. The van der Waals surface area contributed by atoms with Crippen LogP contribution in [-0.2, 0) is 4.79 Å². The molecule has 3 atom stereocenters. The number of nitrogens with one attached hydrogen (secondary N) is 1. The van der Waals surface area contributed by atoms with Crippen molar-refractivity contribution < 1.29 is 20.4 Å². The SMILES string of the molecule is [2H]C([2H])([2H])c1nnc(C(C)C)n1C1CC2CCC(C1)N2C([2H])([2H])C[C@H](NC(=O)C1CCC(F)(F)CC1)c1ccccc1. The Morgan fingerprint density at radius 2 is 1.78 bits per heavy atom. The van der Waals surface area contributed by atoms with E-state index in [-0.39, 0.29) is 67.9 Å². The molecule has 0 radical (unpaired) electrons. The Bertz CT molecular complexity index is 1230. The first kappa shape index (κ1) is 20.6. The summed E-state index contributed by atoms with van der Waals surface area (Å²) in [6.07, 6.45) is 2.36. The summed E-state index contributed by atoms with van der Waals surface area (Å²) in [5.74, 6) is -2.94. The highest BCUT2D eigenvalue weighted by Crippen LogP contribution is 2.42. The van der Waals surface area contributed by atoms with Gasteiger partial charge in [0.05, 0.1) is 6.04 Å². The second-order valence-corrected chi connectivity index (χ2v) is 11.3. The van der Waals surface area contributed by atoms with Gasteiger partial charge in [0.25, 0.3) is 0 Å². The normalized spacial score (nSPS) is 29.6. The number of aryl methyl sites for hydroxylation is 1. The number of carbonyl (C=O) groups is 1. The number of piperidine rings is 1. The summed E-state index contributed by atoms with van der Waals surface area (Å²) in [7, 11) is 0. The largest absolute Gasteiger partial charge is 0.349 e. The molecule has 6 nitrogen and oxygen atoms in total. The first-order valence-corrected chi connectivity index (χ1v) is 13.6. The van der Waals surface area contributed by atoms with Crippen LogP contribution >= 0.6 is 0 Å². The summed E-state index contributed by atoms with van der Waals surface area (Å²) in [4.78, 5) is 15.1. The van der Waals surface area contributed by atoms with Crippen molar-refractivity contribution in [3.05, 3.63) is 47.5 Å². The van der Waals surface area contributed by atoms with E-state index in [1.54, 1.807) is 4.57 Å². The Labute approximate surface area is 226 Å². The van der Waals surface area contributed by atoms with Gasteiger partial charge in [0.15, 0.2) is 0 Å². The predicted molar refractivity (Wildman–Crippen MR) is 139 cm³/mol. The molecule has 1 aromatic carbocycles. The molecule has 1 aliphatic carbocycles. The van der Waals surface area contributed by atoms with Gasteiger partial charge in [-0.2, -0.15) is 0 Å². The smallest absolute Gasteiger partial charge is 0.248 e. The number of nitrogens with zero attached hydrogens (tertiary/aromatic N) is 4. The van der Waals surface area contributed by atoms with Gasteiger partial charge in [-0.3, -0.25) is 9.69 Å². The monoisotopic (exact) mass is 518 g/mol. The number of alkyl halides is 2. The number of halogens is 2. The highest BCUT2D eigenvalue weighted by atomic mass is 19.3. The Balaban J connectivity index is 1.35. The van der Waals surface area contributed by atoms with Gasteiger partial charge in [0, 0.05) is 56.2 Å². The third kappa shape index (κ3) is 5.74. The van der Waals surface area contributed by atoms with E-state index in [2.05, 4.69) is 15.5 Å². The van der Waals surface area contributed by atoms with Crippen LogP contribution in [0.5, 0.6) is 0 Å². The van der Waals surface area contributed by atoms with Gasteiger partial charge in [0.2, 0.25) is 11.8 Å². The van der Waals surface area contributed by atoms with Crippen molar-refractivity contribution >= 4 is 5.91 Å². The van der Waals surface area contributed by atoms with Crippen molar-refractivity contribution in [3.8, 4) is 0 Å². The van der Waals surface area contributed by atoms with E-state index in [0.717, 1.165) is 18.4 Å². The predicted octanol–water partition coefficient (Wildman–Crippen LogP) is 5.95. The molecule has 1 amide bonds. The number of benzene rings is 1. The molecule has 2 unspecified atom stereocenters. The van der Waals surface area contributed by atoms with Crippen molar-refractivity contribution in [2.75, 3.05) is 6.50 Å². The summed E-state index contributed by atoms with van der Waals surface area (Å²) >= 11 is 0. The standard InChI is InChI=1S/C29H41F2N5O/c1-19(2)27-34-33-20(3)36(27)25-17-23-9-10-24(18-25)35(23)16-13-26(21-7-5-4-6-8-21)32-28(37)22-11-14-29(30,31)15-12-22/h4-8,19,22-26H,9-18H2,1-3H3,(H,32,37)/t23?,24?,25?,26-/m0/s1/i3D3,16D2. The van der Waals surface area contributed by atoms with Gasteiger partial charge >= 0.3 is 0 Å². The fourth-order valence-corrected chi connectivity index (χ4v) is 6.40. The van der Waals surface area contributed by atoms with Crippen LogP contribution in [0.4, 0.5) is 8.78 Å². The lowest BCUT2D eigenvalue weighted by molar-refractivity contribution is -0.130. The number of carbonyl (C=O) groups excluding carboxylic acids is 1. The lowest BCUT2D eigenvalue weighted by Crippen LogP contribution is -2.45. The van der Waals surface area contributed by atoms with Crippen LogP contribution in [0.2, 0.25) is 0 Å². The van der Waals surface area contributed by atoms with E-state index in [1.807, 2.05) is 49.1 Å². The van der Waals surface area contributed by atoms with Crippen LogP contribution in [0.25, 0.3) is 0 Å².